The third-order valence-corrected chi connectivity index (χ3v) is 2.68. The smallest absolute Gasteiger partial charge is 0.339 e. The summed E-state index contributed by atoms with van der Waals surface area (Å²) in [6.45, 7) is 4.63. The number of aromatic carboxylic acids is 1. The van der Waals surface area contributed by atoms with E-state index < -0.39 is 5.97 Å². The molecule has 100 valence electrons. The van der Waals surface area contributed by atoms with Gasteiger partial charge in [-0.3, -0.25) is 4.98 Å². The molecular formula is C13H21N3O2. The summed E-state index contributed by atoms with van der Waals surface area (Å²) in [6, 6.07) is 1.77. The second kappa shape index (κ2) is 6.96. The fourth-order valence-electron chi connectivity index (χ4n) is 1.77. The number of carboxylic acids is 1. The van der Waals surface area contributed by atoms with E-state index in [0.717, 1.165) is 31.7 Å². The summed E-state index contributed by atoms with van der Waals surface area (Å²) in [5.74, 6) is -0.927. The first-order chi connectivity index (χ1) is 8.56. The molecule has 0 aliphatic carbocycles. The van der Waals surface area contributed by atoms with Crippen LogP contribution in [0.3, 0.4) is 0 Å². The number of hydrogen-bond donors (Lipinski definition) is 1. The first-order valence-electron chi connectivity index (χ1n) is 6.13. The Morgan fingerprint density at radius 2 is 2.06 bits per heavy atom. The van der Waals surface area contributed by atoms with Gasteiger partial charge in [-0.15, -0.1) is 0 Å². The minimum absolute atomic E-state index is 0.268. The molecule has 0 saturated carbocycles. The van der Waals surface area contributed by atoms with Gasteiger partial charge in [0.1, 0.15) is 5.56 Å². The highest BCUT2D eigenvalue weighted by Gasteiger charge is 2.15. The topological polar surface area (TPSA) is 56.7 Å². The molecule has 1 aromatic rings. The van der Waals surface area contributed by atoms with Crippen molar-refractivity contribution in [3.63, 3.8) is 0 Å². The molecule has 0 bridgehead atoms. The van der Waals surface area contributed by atoms with Crippen molar-refractivity contribution in [3.8, 4) is 0 Å². The maximum Gasteiger partial charge on any atom is 0.339 e. The zero-order valence-electron chi connectivity index (χ0n) is 11.3. The first kappa shape index (κ1) is 14.4. The van der Waals surface area contributed by atoms with Crippen LogP contribution in [0.5, 0.6) is 0 Å². The van der Waals surface area contributed by atoms with E-state index >= 15 is 0 Å². The summed E-state index contributed by atoms with van der Waals surface area (Å²) in [6.07, 6.45) is 4.03. The van der Waals surface area contributed by atoms with Gasteiger partial charge in [0, 0.05) is 32.0 Å². The second-order valence-corrected chi connectivity index (χ2v) is 4.49. The summed E-state index contributed by atoms with van der Waals surface area (Å²) in [7, 11) is 4.02. The van der Waals surface area contributed by atoms with E-state index in [4.69, 9.17) is 0 Å². The van der Waals surface area contributed by atoms with E-state index in [9.17, 15) is 9.90 Å². The lowest BCUT2D eigenvalue weighted by Crippen LogP contribution is -2.33. The molecule has 0 unspecified atom stereocenters. The highest BCUT2D eigenvalue weighted by Crippen LogP contribution is 2.19. The number of carbonyl (C=O) groups is 1. The maximum absolute atomic E-state index is 11.2. The zero-order valence-corrected chi connectivity index (χ0v) is 11.3. The van der Waals surface area contributed by atoms with Crippen LogP contribution in [0.1, 0.15) is 23.7 Å². The van der Waals surface area contributed by atoms with E-state index in [1.54, 1.807) is 12.3 Å². The number of hydrogen-bond acceptors (Lipinski definition) is 4. The van der Waals surface area contributed by atoms with Gasteiger partial charge in [0.15, 0.2) is 0 Å². The molecule has 1 rings (SSSR count). The third kappa shape index (κ3) is 4.00. The summed E-state index contributed by atoms with van der Waals surface area (Å²) in [5, 5.41) is 9.18. The molecule has 1 heterocycles. The van der Waals surface area contributed by atoms with Gasteiger partial charge in [-0.1, -0.05) is 6.92 Å². The van der Waals surface area contributed by atoms with Gasteiger partial charge in [0.05, 0.1) is 5.69 Å². The first-order valence-corrected chi connectivity index (χ1v) is 6.13. The third-order valence-electron chi connectivity index (χ3n) is 2.68. The van der Waals surface area contributed by atoms with Crippen LogP contribution in [0.25, 0.3) is 0 Å². The molecular weight excluding hydrogens is 230 g/mol. The minimum Gasteiger partial charge on any atom is -0.478 e. The second-order valence-electron chi connectivity index (χ2n) is 4.49. The van der Waals surface area contributed by atoms with E-state index in [1.165, 1.54) is 6.20 Å². The summed E-state index contributed by atoms with van der Waals surface area (Å²) >= 11 is 0. The molecule has 1 N–H and O–H groups in total. The molecule has 5 nitrogen and oxygen atoms in total. The summed E-state index contributed by atoms with van der Waals surface area (Å²) in [5.41, 5.74) is 1.02. The number of pyridine rings is 1. The Hall–Kier alpha value is -1.62. The minimum atomic E-state index is -0.927. The standard InChI is InChI=1S/C13H21N3O2/c1-4-7-16(9-8-15(2)3)12-5-6-14-10-11(12)13(17)18/h5-6,10H,4,7-9H2,1-3H3,(H,17,18). The lowest BCUT2D eigenvalue weighted by atomic mass is 10.2. The Labute approximate surface area is 108 Å². The highest BCUT2D eigenvalue weighted by molar-refractivity contribution is 5.94. The van der Waals surface area contributed by atoms with Crippen molar-refractivity contribution in [2.45, 2.75) is 13.3 Å². The number of anilines is 1. The monoisotopic (exact) mass is 251 g/mol. The van der Waals surface area contributed by atoms with Gasteiger partial charge < -0.3 is 14.9 Å². The normalized spacial score (nSPS) is 10.7. The van der Waals surface area contributed by atoms with E-state index in [0.29, 0.717) is 0 Å². The van der Waals surface area contributed by atoms with E-state index in [-0.39, 0.29) is 5.56 Å². The van der Waals surface area contributed by atoms with Crippen molar-refractivity contribution < 1.29 is 9.90 Å². The van der Waals surface area contributed by atoms with Gasteiger partial charge in [-0.05, 0) is 26.6 Å². The lowest BCUT2D eigenvalue weighted by molar-refractivity contribution is 0.0697. The van der Waals surface area contributed by atoms with Crippen LogP contribution in [-0.4, -0.2) is 54.7 Å². The molecule has 0 aliphatic rings. The molecule has 0 aliphatic heterocycles. The fourth-order valence-corrected chi connectivity index (χ4v) is 1.77. The summed E-state index contributed by atoms with van der Waals surface area (Å²) in [4.78, 5) is 19.3. The zero-order chi connectivity index (χ0) is 13.5. The van der Waals surface area contributed by atoms with Gasteiger partial charge in [-0.25, -0.2) is 4.79 Å². The molecule has 5 heteroatoms. The molecule has 0 radical (unpaired) electrons. The van der Waals surface area contributed by atoms with E-state index in [2.05, 4.69) is 21.7 Å². The van der Waals surface area contributed by atoms with E-state index in [1.807, 2.05) is 14.1 Å². The Bertz CT molecular complexity index is 394. The average molecular weight is 251 g/mol. The van der Waals surface area contributed by atoms with Crippen molar-refractivity contribution in [3.05, 3.63) is 24.0 Å². The Balaban J connectivity index is 2.93. The van der Waals surface area contributed by atoms with Crippen molar-refractivity contribution in [2.24, 2.45) is 0 Å². The SMILES string of the molecule is CCCN(CCN(C)C)c1ccncc1C(=O)O. The number of rotatable bonds is 7. The van der Waals surface area contributed by atoms with Gasteiger partial charge in [0.2, 0.25) is 0 Å². The number of likely N-dealkylation sites (N-methyl/N-ethyl adjacent to an activating group) is 1. The molecule has 0 spiro atoms. The van der Waals surface area contributed by atoms with Crippen LogP contribution in [0.4, 0.5) is 5.69 Å². The largest absolute Gasteiger partial charge is 0.478 e. The molecule has 0 amide bonds. The van der Waals surface area contributed by atoms with Crippen LogP contribution in [-0.2, 0) is 0 Å². The van der Waals surface area contributed by atoms with Gasteiger partial charge in [-0.2, -0.15) is 0 Å². The molecule has 0 saturated heterocycles. The van der Waals surface area contributed by atoms with Crippen molar-refractivity contribution in [2.75, 3.05) is 38.6 Å². The maximum atomic E-state index is 11.2. The predicted octanol–water partition coefficient (Wildman–Crippen LogP) is 1.56. The highest BCUT2D eigenvalue weighted by atomic mass is 16.4. The Morgan fingerprint density at radius 3 is 2.61 bits per heavy atom. The van der Waals surface area contributed by atoms with Crippen LogP contribution < -0.4 is 4.90 Å². The molecule has 0 atom stereocenters. The summed E-state index contributed by atoms with van der Waals surface area (Å²) < 4.78 is 0. The molecule has 1 aromatic heterocycles. The number of nitrogens with zero attached hydrogens (tertiary/aromatic N) is 3. The molecule has 0 fully saturated rings. The van der Waals surface area contributed by atoms with Gasteiger partial charge >= 0.3 is 5.97 Å². The Morgan fingerprint density at radius 1 is 1.33 bits per heavy atom. The number of carboxylic acid groups (broad SMARTS) is 1. The molecule has 0 aromatic carbocycles. The quantitative estimate of drug-likeness (QED) is 0.797. The van der Waals surface area contributed by atoms with Crippen molar-refractivity contribution >= 4 is 11.7 Å². The predicted molar refractivity (Wildman–Crippen MR) is 72.3 cm³/mol. The van der Waals surface area contributed by atoms with Crippen LogP contribution >= 0.6 is 0 Å². The Kier molecular flexibility index (Phi) is 5.58. The van der Waals surface area contributed by atoms with Crippen LogP contribution in [0.15, 0.2) is 18.5 Å². The lowest BCUT2D eigenvalue weighted by Gasteiger charge is -2.27. The fraction of sp³-hybridized carbons (Fsp3) is 0.538. The average Bonchev–Trinajstić information content (AvgIpc) is 2.34. The van der Waals surface area contributed by atoms with Gasteiger partial charge in [0.25, 0.3) is 0 Å². The van der Waals surface area contributed by atoms with Crippen molar-refractivity contribution in [1.82, 2.24) is 9.88 Å². The van der Waals surface area contributed by atoms with Crippen molar-refractivity contribution in [1.29, 1.82) is 0 Å². The van der Waals surface area contributed by atoms with Crippen LogP contribution in [0.2, 0.25) is 0 Å². The van der Waals surface area contributed by atoms with Crippen LogP contribution in [0, 0.1) is 0 Å². The molecule has 18 heavy (non-hydrogen) atoms. The number of aromatic nitrogens is 1.